The van der Waals surface area contributed by atoms with Crippen molar-refractivity contribution in [2.45, 2.75) is 284 Å². The third kappa shape index (κ3) is 51.9. The number of carbonyl (C=O) groups excluding carboxylic acids is 3. The second kappa shape index (κ2) is 53.7. The highest BCUT2D eigenvalue weighted by molar-refractivity contribution is 5.71. The highest BCUT2D eigenvalue weighted by Gasteiger charge is 2.19. The van der Waals surface area contributed by atoms with Crippen LogP contribution in [0.4, 0.5) is 0 Å². The summed E-state index contributed by atoms with van der Waals surface area (Å²) in [5.41, 5.74) is 0. The van der Waals surface area contributed by atoms with Crippen molar-refractivity contribution in [3.63, 3.8) is 0 Å². The second-order valence-corrected chi connectivity index (χ2v) is 18.5. The number of unbranched alkanes of at least 4 members (excludes halogenated alkanes) is 30. The van der Waals surface area contributed by atoms with Crippen molar-refractivity contribution in [1.29, 1.82) is 0 Å². The van der Waals surface area contributed by atoms with Crippen LogP contribution in [0.5, 0.6) is 0 Å². The lowest BCUT2D eigenvalue weighted by molar-refractivity contribution is -0.167. The minimum Gasteiger partial charge on any atom is -0.462 e. The predicted octanol–water partition coefficient (Wildman–Crippen LogP) is 18.4. The standard InChI is InChI=1S/C59H104O6/c1-4-7-10-13-16-19-22-25-28-31-34-37-40-43-46-49-52-58(61)64-55-56(54-63-57(60)51-48-45-42-39-36-33-30-27-24-21-18-15-12-9-6-3)65-59(62)53-50-47-44-41-38-35-32-29-26-23-20-17-14-11-8-5-2/h7,10,16,18-19,21,24-25,27-28,56H,4-6,8-9,11-15,17,20,22-23,26,29-55H2,1-3H3/b10-7-,19-16-,21-18-,27-24-,28-25-. The largest absolute Gasteiger partial charge is 0.462 e. The minimum atomic E-state index is -0.782. The van der Waals surface area contributed by atoms with Crippen LogP contribution >= 0.6 is 0 Å². The van der Waals surface area contributed by atoms with Crippen LogP contribution in [0.3, 0.4) is 0 Å². The van der Waals surface area contributed by atoms with Gasteiger partial charge in [-0.1, -0.05) is 242 Å². The average molecular weight is 909 g/mol. The van der Waals surface area contributed by atoms with Gasteiger partial charge in [-0.05, 0) is 77.0 Å². The molecule has 65 heavy (non-hydrogen) atoms. The monoisotopic (exact) mass is 909 g/mol. The van der Waals surface area contributed by atoms with Crippen LogP contribution < -0.4 is 0 Å². The Morgan fingerprint density at radius 2 is 0.646 bits per heavy atom. The zero-order valence-corrected chi connectivity index (χ0v) is 43.0. The summed E-state index contributed by atoms with van der Waals surface area (Å²) < 4.78 is 16.8. The normalized spacial score (nSPS) is 12.5. The third-order valence-corrected chi connectivity index (χ3v) is 12.0. The van der Waals surface area contributed by atoms with Gasteiger partial charge >= 0.3 is 17.9 Å². The number of rotatable bonds is 50. The van der Waals surface area contributed by atoms with E-state index >= 15 is 0 Å². The van der Waals surface area contributed by atoms with E-state index in [2.05, 4.69) is 81.5 Å². The van der Waals surface area contributed by atoms with Gasteiger partial charge < -0.3 is 14.2 Å². The van der Waals surface area contributed by atoms with E-state index in [0.717, 1.165) is 89.9 Å². The van der Waals surface area contributed by atoms with E-state index in [-0.39, 0.29) is 31.1 Å². The maximum absolute atomic E-state index is 12.8. The molecule has 0 spiro atoms. The summed E-state index contributed by atoms with van der Waals surface area (Å²) >= 11 is 0. The van der Waals surface area contributed by atoms with Crippen LogP contribution in [0.15, 0.2) is 60.8 Å². The molecule has 0 heterocycles. The zero-order chi connectivity index (χ0) is 47.2. The summed E-state index contributed by atoms with van der Waals surface area (Å²) in [4.78, 5) is 38.1. The number of esters is 3. The molecule has 0 aliphatic rings. The number of hydrogen-bond donors (Lipinski definition) is 0. The van der Waals surface area contributed by atoms with Crippen LogP contribution in [-0.2, 0) is 28.6 Å². The van der Waals surface area contributed by atoms with Crippen molar-refractivity contribution < 1.29 is 28.6 Å². The Hall–Kier alpha value is -2.89. The van der Waals surface area contributed by atoms with Gasteiger partial charge in [-0.3, -0.25) is 14.4 Å². The fraction of sp³-hybridized carbons (Fsp3) is 0.780. The van der Waals surface area contributed by atoms with Crippen molar-refractivity contribution in [3.8, 4) is 0 Å². The lowest BCUT2D eigenvalue weighted by Crippen LogP contribution is -2.30. The third-order valence-electron chi connectivity index (χ3n) is 12.0. The fourth-order valence-electron chi connectivity index (χ4n) is 7.86. The van der Waals surface area contributed by atoms with E-state index in [9.17, 15) is 14.4 Å². The number of allylic oxidation sites excluding steroid dienone is 10. The molecule has 0 bridgehead atoms. The Morgan fingerprint density at radius 1 is 0.338 bits per heavy atom. The highest BCUT2D eigenvalue weighted by atomic mass is 16.6. The molecule has 1 unspecified atom stereocenters. The molecule has 0 radical (unpaired) electrons. The maximum atomic E-state index is 12.8. The molecular weight excluding hydrogens is 805 g/mol. The van der Waals surface area contributed by atoms with Crippen LogP contribution in [0.25, 0.3) is 0 Å². The molecule has 0 rings (SSSR count). The van der Waals surface area contributed by atoms with Gasteiger partial charge in [0, 0.05) is 19.3 Å². The van der Waals surface area contributed by atoms with Gasteiger partial charge in [0.1, 0.15) is 13.2 Å². The van der Waals surface area contributed by atoms with Gasteiger partial charge in [0.15, 0.2) is 6.10 Å². The molecule has 0 aromatic heterocycles. The summed E-state index contributed by atoms with van der Waals surface area (Å²) in [7, 11) is 0. The minimum absolute atomic E-state index is 0.0825. The fourth-order valence-corrected chi connectivity index (χ4v) is 7.86. The summed E-state index contributed by atoms with van der Waals surface area (Å²) in [6.07, 6.45) is 66.3. The molecule has 6 nitrogen and oxygen atoms in total. The number of ether oxygens (including phenoxy) is 3. The quantitative estimate of drug-likeness (QED) is 0.0199. The van der Waals surface area contributed by atoms with Crippen LogP contribution in [0.2, 0.25) is 0 Å². The molecule has 0 N–H and O–H groups in total. The molecule has 6 heteroatoms. The van der Waals surface area contributed by atoms with E-state index in [1.54, 1.807) is 0 Å². The second-order valence-electron chi connectivity index (χ2n) is 18.5. The van der Waals surface area contributed by atoms with Crippen molar-refractivity contribution >= 4 is 17.9 Å². The zero-order valence-electron chi connectivity index (χ0n) is 43.0. The Labute approximate surface area is 402 Å². The summed E-state index contributed by atoms with van der Waals surface area (Å²) in [6, 6.07) is 0. The van der Waals surface area contributed by atoms with Crippen molar-refractivity contribution in [2.24, 2.45) is 0 Å². The maximum Gasteiger partial charge on any atom is 0.306 e. The van der Waals surface area contributed by atoms with Gasteiger partial charge in [0.25, 0.3) is 0 Å². The Kier molecular flexibility index (Phi) is 51.3. The lowest BCUT2D eigenvalue weighted by Gasteiger charge is -2.18. The highest BCUT2D eigenvalue weighted by Crippen LogP contribution is 2.16. The Balaban J connectivity index is 4.40. The summed E-state index contributed by atoms with van der Waals surface area (Å²) in [5.74, 6) is -0.895. The molecule has 0 amide bonds. The van der Waals surface area contributed by atoms with Crippen LogP contribution in [0.1, 0.15) is 278 Å². The number of hydrogen-bond acceptors (Lipinski definition) is 6. The van der Waals surface area contributed by atoms with E-state index in [1.807, 2.05) is 0 Å². The van der Waals surface area contributed by atoms with Crippen molar-refractivity contribution in [3.05, 3.63) is 60.8 Å². The van der Waals surface area contributed by atoms with Gasteiger partial charge in [-0.2, -0.15) is 0 Å². The molecule has 0 saturated carbocycles. The Morgan fingerprint density at radius 3 is 1.06 bits per heavy atom. The van der Waals surface area contributed by atoms with Crippen molar-refractivity contribution in [1.82, 2.24) is 0 Å². The number of carbonyl (C=O) groups is 3. The van der Waals surface area contributed by atoms with E-state index in [0.29, 0.717) is 19.3 Å². The van der Waals surface area contributed by atoms with E-state index in [4.69, 9.17) is 14.2 Å². The van der Waals surface area contributed by atoms with Crippen LogP contribution in [0, 0.1) is 0 Å². The molecule has 0 saturated heterocycles. The molecule has 1 atom stereocenters. The Bertz CT molecular complexity index is 1180. The van der Waals surface area contributed by atoms with Gasteiger partial charge in [0.05, 0.1) is 0 Å². The van der Waals surface area contributed by atoms with Gasteiger partial charge in [-0.15, -0.1) is 0 Å². The predicted molar refractivity (Wildman–Crippen MR) is 279 cm³/mol. The molecule has 376 valence electrons. The summed E-state index contributed by atoms with van der Waals surface area (Å²) in [5, 5.41) is 0. The smallest absolute Gasteiger partial charge is 0.306 e. The topological polar surface area (TPSA) is 78.9 Å². The first-order valence-corrected chi connectivity index (χ1v) is 27.8. The first-order chi connectivity index (χ1) is 32.0. The molecule has 0 aliphatic heterocycles. The SMILES string of the molecule is CC/C=C\C/C=C\C/C=C\CCCCCCCCC(=O)OCC(COC(=O)CCCCCCCC/C=C\C=C/CCCCC)OC(=O)CCCCCCCCCCCCCCCCCC. The first-order valence-electron chi connectivity index (χ1n) is 27.8. The van der Waals surface area contributed by atoms with E-state index in [1.165, 1.54) is 148 Å². The van der Waals surface area contributed by atoms with Gasteiger partial charge in [0.2, 0.25) is 0 Å². The van der Waals surface area contributed by atoms with E-state index < -0.39 is 6.10 Å². The molecule has 0 aliphatic carbocycles. The molecule has 0 aromatic carbocycles. The van der Waals surface area contributed by atoms with Crippen LogP contribution in [-0.4, -0.2) is 37.2 Å². The molecular formula is C59H104O6. The molecule has 0 fully saturated rings. The lowest BCUT2D eigenvalue weighted by atomic mass is 10.0. The van der Waals surface area contributed by atoms with Crippen molar-refractivity contribution in [2.75, 3.05) is 13.2 Å². The summed E-state index contributed by atoms with van der Waals surface area (Å²) in [6.45, 7) is 6.50. The molecule has 0 aromatic rings. The van der Waals surface area contributed by atoms with Gasteiger partial charge in [-0.25, -0.2) is 0 Å². The average Bonchev–Trinajstić information content (AvgIpc) is 3.30. The first kappa shape index (κ1) is 62.1.